The van der Waals surface area contributed by atoms with Gasteiger partial charge in [-0.15, -0.1) is 0 Å². The molecular formula is C13H18ClN3O2. The molecule has 0 N–H and O–H groups in total. The molecule has 1 fully saturated rings. The van der Waals surface area contributed by atoms with E-state index in [4.69, 9.17) is 16.3 Å². The maximum absolute atomic E-state index is 12.2. The first-order valence-electron chi connectivity index (χ1n) is 6.35. The number of ether oxygens (including phenoxy) is 1. The van der Waals surface area contributed by atoms with Gasteiger partial charge in [0.25, 0.3) is 0 Å². The number of carbonyl (C=O) groups is 1. The molecule has 1 saturated heterocycles. The van der Waals surface area contributed by atoms with Gasteiger partial charge in [-0.1, -0.05) is 0 Å². The number of halogens is 1. The summed E-state index contributed by atoms with van der Waals surface area (Å²) >= 11 is 5.80. The zero-order valence-corrected chi connectivity index (χ0v) is 12.1. The Kier molecular flexibility index (Phi) is 3.94. The van der Waals surface area contributed by atoms with Crippen LogP contribution in [-0.2, 0) is 4.74 Å². The molecule has 1 amide bonds. The summed E-state index contributed by atoms with van der Waals surface area (Å²) in [5, 5.41) is 0.202. The first-order chi connectivity index (χ1) is 8.87. The van der Waals surface area contributed by atoms with Crippen LogP contribution in [0.3, 0.4) is 0 Å². The third kappa shape index (κ3) is 3.56. The summed E-state index contributed by atoms with van der Waals surface area (Å²) in [6, 6.07) is 1.72. The fourth-order valence-electron chi connectivity index (χ4n) is 2.15. The monoisotopic (exact) mass is 283 g/mol. The van der Waals surface area contributed by atoms with Crippen LogP contribution in [0.5, 0.6) is 0 Å². The zero-order chi connectivity index (χ0) is 14.0. The van der Waals surface area contributed by atoms with E-state index in [9.17, 15) is 4.79 Å². The third-order valence-corrected chi connectivity index (χ3v) is 3.05. The highest BCUT2D eigenvalue weighted by Gasteiger charge is 2.33. The topological polar surface area (TPSA) is 55.3 Å². The molecule has 1 atom stereocenters. The number of rotatable bonds is 1. The van der Waals surface area contributed by atoms with Gasteiger partial charge in [0, 0.05) is 12.7 Å². The molecule has 104 valence electrons. The number of aromatic nitrogens is 2. The molecule has 0 saturated carbocycles. The van der Waals surface area contributed by atoms with E-state index < -0.39 is 5.60 Å². The van der Waals surface area contributed by atoms with Crippen molar-refractivity contribution < 1.29 is 9.53 Å². The molecule has 0 aromatic carbocycles. The number of hydrogen-bond acceptors (Lipinski definition) is 4. The van der Waals surface area contributed by atoms with Gasteiger partial charge in [0.15, 0.2) is 0 Å². The molecule has 0 bridgehead atoms. The van der Waals surface area contributed by atoms with E-state index in [2.05, 4.69) is 9.97 Å². The Morgan fingerprint density at radius 2 is 2.26 bits per heavy atom. The van der Waals surface area contributed by atoms with Gasteiger partial charge >= 0.3 is 6.09 Å². The van der Waals surface area contributed by atoms with Gasteiger partial charge in [0.2, 0.25) is 5.28 Å². The van der Waals surface area contributed by atoms with Crippen molar-refractivity contribution in [1.82, 2.24) is 14.9 Å². The van der Waals surface area contributed by atoms with Gasteiger partial charge in [-0.3, -0.25) is 4.90 Å². The molecular weight excluding hydrogens is 266 g/mol. The van der Waals surface area contributed by atoms with E-state index in [0.717, 1.165) is 18.5 Å². The van der Waals surface area contributed by atoms with E-state index in [0.29, 0.717) is 6.54 Å². The van der Waals surface area contributed by atoms with Crippen molar-refractivity contribution in [3.8, 4) is 0 Å². The summed E-state index contributed by atoms with van der Waals surface area (Å²) in [6.07, 6.45) is 3.11. The fraction of sp³-hybridized carbons (Fsp3) is 0.615. The molecule has 2 rings (SSSR count). The summed E-state index contributed by atoms with van der Waals surface area (Å²) in [4.78, 5) is 21.9. The normalized spacial score (nSPS) is 19.6. The molecule has 1 unspecified atom stereocenters. The SMILES string of the molecule is CC(C)(C)OC(=O)N1CCCC1c1ccnc(Cl)n1. The summed E-state index contributed by atoms with van der Waals surface area (Å²) < 4.78 is 5.41. The van der Waals surface area contributed by atoms with Crippen LogP contribution in [0.2, 0.25) is 5.28 Å². The van der Waals surface area contributed by atoms with Gasteiger partial charge in [-0.05, 0) is 51.3 Å². The van der Waals surface area contributed by atoms with Gasteiger partial charge < -0.3 is 4.74 Å². The molecule has 6 heteroatoms. The molecule has 0 aliphatic carbocycles. The van der Waals surface area contributed by atoms with Crippen molar-refractivity contribution in [1.29, 1.82) is 0 Å². The Morgan fingerprint density at radius 1 is 1.53 bits per heavy atom. The Balaban J connectivity index is 2.15. The minimum Gasteiger partial charge on any atom is -0.444 e. The second-order valence-electron chi connectivity index (χ2n) is 5.58. The molecule has 1 aromatic heterocycles. The summed E-state index contributed by atoms with van der Waals surface area (Å²) in [5.41, 5.74) is 0.274. The van der Waals surface area contributed by atoms with Gasteiger partial charge in [0.05, 0.1) is 11.7 Å². The van der Waals surface area contributed by atoms with Crippen molar-refractivity contribution in [2.45, 2.75) is 45.3 Å². The molecule has 1 aliphatic heterocycles. The van der Waals surface area contributed by atoms with Gasteiger partial charge in [-0.2, -0.15) is 0 Å². The van der Waals surface area contributed by atoms with Crippen LogP contribution in [0.15, 0.2) is 12.3 Å². The van der Waals surface area contributed by atoms with Crippen LogP contribution in [0.1, 0.15) is 45.3 Å². The fourth-order valence-corrected chi connectivity index (χ4v) is 2.30. The molecule has 0 radical (unpaired) electrons. The number of likely N-dealkylation sites (tertiary alicyclic amines) is 1. The lowest BCUT2D eigenvalue weighted by Crippen LogP contribution is -2.36. The largest absolute Gasteiger partial charge is 0.444 e. The van der Waals surface area contributed by atoms with Crippen LogP contribution in [0.25, 0.3) is 0 Å². The number of hydrogen-bond donors (Lipinski definition) is 0. The van der Waals surface area contributed by atoms with Crippen LogP contribution < -0.4 is 0 Å². The van der Waals surface area contributed by atoms with Crippen molar-refractivity contribution in [2.75, 3.05) is 6.54 Å². The smallest absolute Gasteiger partial charge is 0.410 e. The maximum Gasteiger partial charge on any atom is 0.410 e. The maximum atomic E-state index is 12.2. The number of amides is 1. The second-order valence-corrected chi connectivity index (χ2v) is 5.92. The predicted molar refractivity (Wildman–Crippen MR) is 72.0 cm³/mol. The highest BCUT2D eigenvalue weighted by atomic mass is 35.5. The average molecular weight is 284 g/mol. The van der Waals surface area contributed by atoms with Crippen LogP contribution >= 0.6 is 11.6 Å². The van der Waals surface area contributed by atoms with Crippen LogP contribution in [0.4, 0.5) is 4.79 Å². The van der Waals surface area contributed by atoms with Crippen molar-refractivity contribution in [3.05, 3.63) is 23.2 Å². The van der Waals surface area contributed by atoms with E-state index in [1.54, 1.807) is 17.2 Å². The highest BCUT2D eigenvalue weighted by Crippen LogP contribution is 2.32. The Labute approximate surface area is 117 Å². The Bertz CT molecular complexity index is 473. The van der Waals surface area contributed by atoms with Crippen molar-refractivity contribution in [3.63, 3.8) is 0 Å². The van der Waals surface area contributed by atoms with E-state index in [1.807, 2.05) is 20.8 Å². The Morgan fingerprint density at radius 3 is 2.89 bits per heavy atom. The second kappa shape index (κ2) is 5.33. The lowest BCUT2D eigenvalue weighted by atomic mass is 10.1. The summed E-state index contributed by atoms with van der Waals surface area (Å²) in [6.45, 7) is 6.26. The number of carbonyl (C=O) groups excluding carboxylic acids is 1. The van der Waals surface area contributed by atoms with Gasteiger partial charge in [-0.25, -0.2) is 14.8 Å². The number of nitrogens with zero attached hydrogens (tertiary/aromatic N) is 3. The van der Waals surface area contributed by atoms with Crippen LogP contribution in [0, 0.1) is 0 Å². The summed E-state index contributed by atoms with van der Waals surface area (Å²) in [5.74, 6) is 0. The molecule has 1 aromatic rings. The van der Waals surface area contributed by atoms with E-state index >= 15 is 0 Å². The Hall–Kier alpha value is -1.36. The molecule has 5 nitrogen and oxygen atoms in total. The minimum atomic E-state index is -0.493. The first-order valence-corrected chi connectivity index (χ1v) is 6.73. The standard InChI is InChI=1S/C13H18ClN3O2/c1-13(2,3)19-12(18)17-8-4-5-10(17)9-6-7-15-11(14)16-9/h6-7,10H,4-5,8H2,1-3H3. The molecule has 0 spiro atoms. The first kappa shape index (κ1) is 14.1. The lowest BCUT2D eigenvalue weighted by molar-refractivity contribution is 0.0221. The van der Waals surface area contributed by atoms with Crippen molar-refractivity contribution in [2.24, 2.45) is 0 Å². The summed E-state index contributed by atoms with van der Waals surface area (Å²) in [7, 11) is 0. The molecule has 19 heavy (non-hydrogen) atoms. The third-order valence-electron chi connectivity index (χ3n) is 2.87. The van der Waals surface area contributed by atoms with E-state index in [-0.39, 0.29) is 17.4 Å². The molecule has 2 heterocycles. The zero-order valence-electron chi connectivity index (χ0n) is 11.4. The molecule has 1 aliphatic rings. The quantitative estimate of drug-likeness (QED) is 0.743. The van der Waals surface area contributed by atoms with Crippen molar-refractivity contribution >= 4 is 17.7 Å². The minimum absolute atomic E-state index is 0.0738. The predicted octanol–water partition coefficient (Wildman–Crippen LogP) is 3.20. The average Bonchev–Trinajstić information content (AvgIpc) is 2.75. The highest BCUT2D eigenvalue weighted by molar-refractivity contribution is 6.28. The van der Waals surface area contributed by atoms with Gasteiger partial charge in [0.1, 0.15) is 5.60 Å². The lowest BCUT2D eigenvalue weighted by Gasteiger charge is -2.28. The van der Waals surface area contributed by atoms with Crippen LogP contribution in [-0.4, -0.2) is 33.1 Å². The van der Waals surface area contributed by atoms with E-state index in [1.165, 1.54) is 0 Å².